The molecule has 3 fully saturated rings. The van der Waals surface area contributed by atoms with E-state index in [2.05, 4.69) is 93.3 Å². The molecule has 3 aromatic rings. The first-order valence-corrected chi connectivity index (χ1v) is 15.3. The third kappa shape index (κ3) is 6.02. The van der Waals surface area contributed by atoms with Crippen LogP contribution in [-0.4, -0.2) is 35.2 Å². The quantitative estimate of drug-likeness (QED) is 0.329. The number of benzene rings is 3. The second-order valence-corrected chi connectivity index (χ2v) is 14.0. The number of aliphatic hydroxyl groups is 1. The van der Waals surface area contributed by atoms with Gasteiger partial charge in [-0.3, -0.25) is 4.90 Å². The average molecular weight is 555 g/mol. The molecule has 0 aromatic heterocycles. The summed E-state index contributed by atoms with van der Waals surface area (Å²) in [5.41, 5.74) is 13.2. The van der Waals surface area contributed by atoms with Gasteiger partial charge in [0.1, 0.15) is 0 Å². The molecule has 218 valence electrons. The molecule has 41 heavy (non-hydrogen) atoms. The molecule has 2 aliphatic heterocycles. The maximum Gasteiger partial charge on any atom is 0.184 e. The highest BCUT2D eigenvalue weighted by Gasteiger charge is 2.51. The van der Waals surface area contributed by atoms with Gasteiger partial charge in [-0.15, -0.1) is 0 Å². The zero-order valence-electron chi connectivity index (χ0n) is 25.1. The minimum atomic E-state index is -0.467. The Morgan fingerprint density at radius 2 is 1.61 bits per heavy atom. The number of ether oxygens (including phenoxy) is 2. The van der Waals surface area contributed by atoms with Gasteiger partial charge in [0.25, 0.3) is 0 Å². The lowest BCUT2D eigenvalue weighted by Crippen LogP contribution is -2.46. The lowest BCUT2D eigenvalue weighted by Gasteiger charge is -2.43. The van der Waals surface area contributed by atoms with E-state index in [1.165, 1.54) is 19.3 Å². The molecule has 2 saturated heterocycles. The fourth-order valence-corrected chi connectivity index (χ4v) is 8.09. The SMILES string of the molecule is CC1C(CN2CC3(C)CC2CC(C)(C)C3)OC(c2cccc(-c3cccc(CN)c3)c2)OC1c1ccc(CO)cc1. The second-order valence-electron chi connectivity index (χ2n) is 14.0. The fourth-order valence-electron chi connectivity index (χ4n) is 8.09. The van der Waals surface area contributed by atoms with Gasteiger partial charge in [0, 0.05) is 37.2 Å². The van der Waals surface area contributed by atoms with E-state index in [9.17, 15) is 5.11 Å². The zero-order valence-corrected chi connectivity index (χ0v) is 25.1. The monoisotopic (exact) mass is 554 g/mol. The first-order chi connectivity index (χ1) is 19.6. The molecule has 1 saturated carbocycles. The second kappa shape index (κ2) is 11.3. The molecular weight excluding hydrogens is 508 g/mol. The Hall–Kier alpha value is -2.54. The molecule has 3 N–H and O–H groups in total. The van der Waals surface area contributed by atoms with E-state index < -0.39 is 6.29 Å². The van der Waals surface area contributed by atoms with E-state index in [1.807, 2.05) is 12.1 Å². The van der Waals surface area contributed by atoms with Crippen LogP contribution in [0.15, 0.2) is 72.8 Å². The van der Waals surface area contributed by atoms with E-state index in [1.54, 1.807) is 0 Å². The summed E-state index contributed by atoms with van der Waals surface area (Å²) in [5.74, 6) is 0.178. The summed E-state index contributed by atoms with van der Waals surface area (Å²) in [6.45, 7) is 12.2. The molecule has 6 atom stereocenters. The summed E-state index contributed by atoms with van der Waals surface area (Å²) in [4.78, 5) is 2.72. The highest BCUT2D eigenvalue weighted by molar-refractivity contribution is 5.65. The number of hydrogen-bond donors (Lipinski definition) is 2. The van der Waals surface area contributed by atoms with Crippen molar-refractivity contribution >= 4 is 0 Å². The van der Waals surface area contributed by atoms with Gasteiger partial charge in [-0.25, -0.2) is 0 Å². The zero-order chi connectivity index (χ0) is 28.8. The molecule has 0 amide bonds. The number of nitrogens with two attached hydrogens (primary N) is 1. The molecular formula is C36H46N2O3. The lowest BCUT2D eigenvalue weighted by atomic mass is 9.65. The number of fused-ring (bicyclic) bond motifs is 2. The van der Waals surface area contributed by atoms with Crippen LogP contribution in [0.1, 0.15) is 81.6 Å². The first kappa shape index (κ1) is 28.6. The van der Waals surface area contributed by atoms with Crippen molar-refractivity contribution in [3.8, 4) is 11.1 Å². The molecule has 0 radical (unpaired) electrons. The highest BCUT2D eigenvalue weighted by Crippen LogP contribution is 2.53. The predicted octanol–water partition coefficient (Wildman–Crippen LogP) is 7.00. The van der Waals surface area contributed by atoms with Crippen LogP contribution in [0.25, 0.3) is 11.1 Å². The van der Waals surface area contributed by atoms with E-state index in [0.29, 0.717) is 23.4 Å². The van der Waals surface area contributed by atoms with E-state index in [-0.39, 0.29) is 24.7 Å². The first-order valence-electron chi connectivity index (χ1n) is 15.3. The summed E-state index contributed by atoms with van der Waals surface area (Å²) >= 11 is 0. The summed E-state index contributed by atoms with van der Waals surface area (Å²) in [5, 5.41) is 9.60. The smallest absolute Gasteiger partial charge is 0.184 e. The average Bonchev–Trinajstić information content (AvgIpc) is 3.21. The van der Waals surface area contributed by atoms with Gasteiger partial charge in [-0.1, -0.05) is 88.4 Å². The Balaban J connectivity index is 1.30. The summed E-state index contributed by atoms with van der Waals surface area (Å²) in [7, 11) is 0. The molecule has 5 nitrogen and oxygen atoms in total. The van der Waals surface area contributed by atoms with Crippen molar-refractivity contribution in [1.82, 2.24) is 4.90 Å². The van der Waals surface area contributed by atoms with E-state index in [0.717, 1.165) is 46.5 Å². The molecule has 5 heteroatoms. The van der Waals surface area contributed by atoms with Gasteiger partial charge >= 0.3 is 0 Å². The largest absolute Gasteiger partial charge is 0.392 e. The van der Waals surface area contributed by atoms with Crippen molar-refractivity contribution < 1.29 is 14.6 Å². The van der Waals surface area contributed by atoms with Crippen molar-refractivity contribution in [1.29, 1.82) is 0 Å². The molecule has 1 aliphatic carbocycles. The Morgan fingerprint density at radius 3 is 2.34 bits per heavy atom. The number of likely N-dealkylation sites (tertiary alicyclic amines) is 1. The van der Waals surface area contributed by atoms with Gasteiger partial charge in [0.15, 0.2) is 6.29 Å². The van der Waals surface area contributed by atoms with Crippen molar-refractivity contribution in [2.24, 2.45) is 22.5 Å². The van der Waals surface area contributed by atoms with Crippen LogP contribution < -0.4 is 5.73 Å². The summed E-state index contributed by atoms with van der Waals surface area (Å²) in [6.07, 6.45) is 3.28. The minimum Gasteiger partial charge on any atom is -0.392 e. The normalized spacial score (nSPS) is 31.3. The number of nitrogens with zero attached hydrogens (tertiary/aromatic N) is 1. The number of hydrogen-bond acceptors (Lipinski definition) is 5. The Kier molecular flexibility index (Phi) is 7.86. The van der Waals surface area contributed by atoms with Crippen LogP contribution >= 0.6 is 0 Å². The Morgan fingerprint density at radius 1 is 0.878 bits per heavy atom. The van der Waals surface area contributed by atoms with Gasteiger partial charge in [-0.2, -0.15) is 0 Å². The van der Waals surface area contributed by atoms with Crippen LogP contribution in [0.2, 0.25) is 0 Å². The van der Waals surface area contributed by atoms with Crippen molar-refractivity contribution in [2.75, 3.05) is 13.1 Å². The van der Waals surface area contributed by atoms with Crippen LogP contribution in [0.3, 0.4) is 0 Å². The van der Waals surface area contributed by atoms with Gasteiger partial charge in [0.2, 0.25) is 0 Å². The number of rotatable bonds is 7. The predicted molar refractivity (Wildman–Crippen MR) is 164 cm³/mol. The lowest BCUT2D eigenvalue weighted by molar-refractivity contribution is -0.276. The maximum atomic E-state index is 9.60. The molecule has 6 rings (SSSR count). The van der Waals surface area contributed by atoms with Crippen LogP contribution in [0.5, 0.6) is 0 Å². The third-order valence-corrected chi connectivity index (χ3v) is 9.72. The maximum absolute atomic E-state index is 9.60. The third-order valence-electron chi connectivity index (χ3n) is 9.72. The van der Waals surface area contributed by atoms with E-state index in [4.69, 9.17) is 15.2 Å². The molecule has 2 heterocycles. The van der Waals surface area contributed by atoms with Crippen molar-refractivity contribution in [2.45, 2.75) is 84.6 Å². The van der Waals surface area contributed by atoms with Gasteiger partial charge in [-0.05, 0) is 70.0 Å². The van der Waals surface area contributed by atoms with Crippen molar-refractivity contribution in [3.05, 3.63) is 95.1 Å². The topological polar surface area (TPSA) is 68.0 Å². The summed E-state index contributed by atoms with van der Waals surface area (Å²) in [6, 6.07) is 25.8. The molecule has 3 aliphatic rings. The minimum absolute atomic E-state index is 0.0338. The standard InChI is InChI=1S/C36H46N2O3/c1-24-32(20-38-23-36(4)18-31(38)17-35(2,3)22-36)40-34(41-33(24)27-13-11-25(21-39)12-14-27)30-10-6-9-29(16-30)28-8-5-7-26(15-28)19-37/h5-16,24,31-34,39H,17-23,37H2,1-4H3. The molecule has 0 spiro atoms. The summed E-state index contributed by atoms with van der Waals surface area (Å²) < 4.78 is 13.7. The van der Waals surface area contributed by atoms with Crippen LogP contribution in [0.4, 0.5) is 0 Å². The molecule has 3 aromatic carbocycles. The van der Waals surface area contributed by atoms with Crippen molar-refractivity contribution in [3.63, 3.8) is 0 Å². The Labute approximate surface area is 245 Å². The fraction of sp³-hybridized carbons (Fsp3) is 0.500. The number of aliphatic hydroxyl groups excluding tert-OH is 1. The Bertz CT molecular complexity index is 1350. The highest BCUT2D eigenvalue weighted by atomic mass is 16.7. The van der Waals surface area contributed by atoms with Crippen LogP contribution in [0, 0.1) is 16.7 Å². The van der Waals surface area contributed by atoms with Crippen LogP contribution in [-0.2, 0) is 22.6 Å². The molecule has 2 bridgehead atoms. The van der Waals surface area contributed by atoms with Gasteiger partial charge < -0.3 is 20.3 Å². The molecule has 6 unspecified atom stereocenters. The van der Waals surface area contributed by atoms with E-state index >= 15 is 0 Å². The van der Waals surface area contributed by atoms with Gasteiger partial charge in [0.05, 0.1) is 18.8 Å².